The molecule has 0 aliphatic heterocycles. The third kappa shape index (κ3) is 1.99. The van der Waals surface area contributed by atoms with Gasteiger partial charge in [0.15, 0.2) is 6.20 Å². The molecule has 0 spiro atoms. The van der Waals surface area contributed by atoms with Gasteiger partial charge in [0.05, 0.1) is 12.1 Å². The molecule has 0 N–H and O–H groups in total. The molecule has 4 aromatic rings. The number of hydrogen-bond donors (Lipinski definition) is 0. The van der Waals surface area contributed by atoms with Crippen LogP contribution >= 0.6 is 0 Å². The second-order valence-corrected chi connectivity index (χ2v) is 5.84. The number of aromatic nitrogens is 1. The van der Waals surface area contributed by atoms with E-state index in [1.807, 2.05) is 49.0 Å². The van der Waals surface area contributed by atoms with E-state index in [0.29, 0.717) is 16.9 Å². The molecule has 0 atom stereocenters. The van der Waals surface area contributed by atoms with Gasteiger partial charge in [0.1, 0.15) is 24.0 Å². The number of aryl methyl sites for hydroxylation is 2. The van der Waals surface area contributed by atoms with Gasteiger partial charge in [0.2, 0.25) is 11.4 Å². The lowest BCUT2D eigenvalue weighted by Crippen LogP contribution is -2.30. The van der Waals surface area contributed by atoms with Gasteiger partial charge in [-0.3, -0.25) is 0 Å². The summed E-state index contributed by atoms with van der Waals surface area (Å²) in [5.41, 5.74) is 4.21. The Bertz CT molecular complexity index is 1150. The van der Waals surface area contributed by atoms with E-state index in [9.17, 15) is 4.39 Å². The van der Waals surface area contributed by atoms with Gasteiger partial charge in [0, 0.05) is 29.0 Å². The zero-order chi connectivity index (χ0) is 16.8. The summed E-state index contributed by atoms with van der Waals surface area (Å²) in [5.74, 6) is -0.350. The number of fused-ring (bicyclic) bond motifs is 3. The van der Waals surface area contributed by atoms with Crippen molar-refractivity contribution in [3.05, 3.63) is 71.5 Å². The largest absolute Gasteiger partial charge is 0.467 e. The molecule has 116 valence electrons. The zero-order valence-corrected chi connectivity index (χ0v) is 13.3. The summed E-state index contributed by atoms with van der Waals surface area (Å²) < 4.78 is 21.3. The van der Waals surface area contributed by atoms with E-state index in [-0.39, 0.29) is 5.82 Å². The fraction of sp³-hybridized carbons (Fsp3) is 0.100. The molecule has 0 saturated carbocycles. The number of rotatable bonds is 1. The third-order valence-corrected chi connectivity index (χ3v) is 4.32. The molecule has 0 bridgehead atoms. The van der Waals surface area contributed by atoms with Crippen molar-refractivity contribution < 1.29 is 13.4 Å². The molecule has 24 heavy (non-hydrogen) atoms. The highest BCUT2D eigenvalue weighted by molar-refractivity contribution is 6.12. The first-order valence-corrected chi connectivity index (χ1v) is 7.58. The maximum Gasteiger partial charge on any atom is 0.243 e. The predicted octanol–water partition coefficient (Wildman–Crippen LogP) is 5.08. The van der Waals surface area contributed by atoms with E-state index >= 15 is 0 Å². The predicted molar refractivity (Wildman–Crippen MR) is 91.3 cm³/mol. The molecule has 0 radical (unpaired) electrons. The summed E-state index contributed by atoms with van der Waals surface area (Å²) >= 11 is 0. The molecule has 0 saturated heterocycles. The smallest absolute Gasteiger partial charge is 0.243 e. The molecule has 4 heteroatoms. The van der Waals surface area contributed by atoms with Crippen molar-refractivity contribution >= 4 is 27.6 Å². The van der Waals surface area contributed by atoms with Crippen LogP contribution in [0.5, 0.6) is 0 Å². The molecular formula is C20H14FN2O+. The quantitative estimate of drug-likeness (QED) is 0.354. The van der Waals surface area contributed by atoms with Crippen molar-refractivity contribution in [3.8, 4) is 11.3 Å². The number of benzene rings is 2. The van der Waals surface area contributed by atoms with Crippen LogP contribution in [0, 0.1) is 19.3 Å². The molecule has 3 nitrogen and oxygen atoms in total. The Kier molecular flexibility index (Phi) is 3.10. The summed E-state index contributed by atoms with van der Waals surface area (Å²) in [5, 5.41) is 1.67. The first-order valence-electron chi connectivity index (χ1n) is 7.58. The normalized spacial score (nSPS) is 11.1. The topological polar surface area (TPSA) is 21.4 Å². The lowest BCUT2D eigenvalue weighted by Gasteiger charge is -2.07. The highest BCUT2D eigenvalue weighted by atomic mass is 19.1. The standard InChI is InChI=1S/C20H14FN2O/c1-12-10-15-14-8-7-13(21)11-17(14)24-20(15)19(22-2)18(12)16-6-4-5-9-23(16)3/h4-11H,1,3H3/q+1. The van der Waals surface area contributed by atoms with Crippen LogP contribution in [0.25, 0.3) is 38.0 Å². The van der Waals surface area contributed by atoms with E-state index in [4.69, 9.17) is 11.0 Å². The first kappa shape index (κ1) is 14.4. The van der Waals surface area contributed by atoms with Gasteiger partial charge in [-0.15, -0.1) is 0 Å². The monoisotopic (exact) mass is 317 g/mol. The number of hydrogen-bond acceptors (Lipinski definition) is 1. The Morgan fingerprint density at radius 3 is 2.71 bits per heavy atom. The minimum Gasteiger partial charge on any atom is -0.467 e. The van der Waals surface area contributed by atoms with Gasteiger partial charge in [-0.25, -0.2) is 13.8 Å². The molecule has 2 aromatic carbocycles. The molecule has 0 fully saturated rings. The van der Waals surface area contributed by atoms with Crippen LogP contribution in [0.3, 0.4) is 0 Å². The Labute approximate surface area is 138 Å². The van der Waals surface area contributed by atoms with E-state index in [0.717, 1.165) is 27.6 Å². The van der Waals surface area contributed by atoms with Crippen LogP contribution in [-0.2, 0) is 7.05 Å². The molecule has 2 aromatic heterocycles. The fourth-order valence-electron chi connectivity index (χ4n) is 3.21. The number of halogens is 1. The summed E-state index contributed by atoms with van der Waals surface area (Å²) in [7, 11) is 1.95. The van der Waals surface area contributed by atoms with Gasteiger partial charge >= 0.3 is 0 Å². The minimum atomic E-state index is -0.350. The maximum atomic E-state index is 13.5. The third-order valence-electron chi connectivity index (χ3n) is 4.32. The zero-order valence-electron chi connectivity index (χ0n) is 13.3. The summed E-state index contributed by atoms with van der Waals surface area (Å²) in [6.07, 6.45) is 1.95. The van der Waals surface area contributed by atoms with Crippen LogP contribution in [0.2, 0.25) is 0 Å². The van der Waals surface area contributed by atoms with Crippen LogP contribution in [0.15, 0.2) is 53.1 Å². The van der Waals surface area contributed by atoms with E-state index in [2.05, 4.69) is 4.85 Å². The first-order chi connectivity index (χ1) is 11.6. The average molecular weight is 317 g/mol. The van der Waals surface area contributed by atoms with E-state index in [1.54, 1.807) is 6.07 Å². The van der Waals surface area contributed by atoms with Crippen LogP contribution in [0.4, 0.5) is 10.1 Å². The molecule has 4 rings (SSSR count). The van der Waals surface area contributed by atoms with Crippen molar-refractivity contribution in [1.82, 2.24) is 0 Å². The van der Waals surface area contributed by atoms with Crippen molar-refractivity contribution in [2.24, 2.45) is 7.05 Å². The Hall–Kier alpha value is -3.19. The average Bonchev–Trinajstić information content (AvgIpc) is 2.91. The van der Waals surface area contributed by atoms with Crippen molar-refractivity contribution in [3.63, 3.8) is 0 Å². The Morgan fingerprint density at radius 1 is 1.12 bits per heavy atom. The van der Waals surface area contributed by atoms with Gasteiger partial charge in [-0.2, -0.15) is 0 Å². The summed E-state index contributed by atoms with van der Waals surface area (Å²) in [4.78, 5) is 3.74. The SMILES string of the molecule is [C-]#[N+]c1c(-c2cccc[n+]2C)c(C)cc2c1oc1cc(F)ccc12. The van der Waals surface area contributed by atoms with Gasteiger partial charge < -0.3 is 4.42 Å². The van der Waals surface area contributed by atoms with E-state index in [1.165, 1.54) is 12.1 Å². The summed E-state index contributed by atoms with van der Waals surface area (Å²) in [6, 6.07) is 12.3. The van der Waals surface area contributed by atoms with Crippen molar-refractivity contribution in [2.45, 2.75) is 6.92 Å². The summed E-state index contributed by atoms with van der Waals surface area (Å²) in [6.45, 7) is 9.67. The number of furan rings is 1. The molecule has 2 heterocycles. The fourth-order valence-corrected chi connectivity index (χ4v) is 3.21. The van der Waals surface area contributed by atoms with Crippen molar-refractivity contribution in [2.75, 3.05) is 0 Å². The van der Waals surface area contributed by atoms with Gasteiger partial charge in [-0.1, -0.05) is 0 Å². The second kappa shape index (κ2) is 5.17. The molecule has 0 aliphatic rings. The minimum absolute atomic E-state index is 0.350. The lowest BCUT2D eigenvalue weighted by molar-refractivity contribution is -0.660. The highest BCUT2D eigenvalue weighted by Crippen LogP contribution is 2.42. The van der Waals surface area contributed by atoms with E-state index < -0.39 is 0 Å². The van der Waals surface area contributed by atoms with Crippen molar-refractivity contribution in [1.29, 1.82) is 0 Å². The molecule has 0 unspecified atom stereocenters. The Morgan fingerprint density at radius 2 is 1.96 bits per heavy atom. The Balaban J connectivity index is 2.17. The number of nitrogens with zero attached hydrogens (tertiary/aromatic N) is 2. The van der Waals surface area contributed by atoms with Gasteiger partial charge in [0.25, 0.3) is 0 Å². The lowest BCUT2D eigenvalue weighted by atomic mass is 9.99. The molecule has 0 aliphatic carbocycles. The highest BCUT2D eigenvalue weighted by Gasteiger charge is 2.23. The van der Waals surface area contributed by atoms with Crippen LogP contribution in [-0.4, -0.2) is 0 Å². The second-order valence-electron chi connectivity index (χ2n) is 5.84. The maximum absolute atomic E-state index is 13.5. The van der Waals surface area contributed by atoms with Gasteiger partial charge in [-0.05, 0) is 36.8 Å². The van der Waals surface area contributed by atoms with Crippen LogP contribution in [0.1, 0.15) is 5.56 Å². The number of pyridine rings is 1. The molecule has 0 amide bonds. The molecular weight excluding hydrogens is 303 g/mol. The van der Waals surface area contributed by atoms with Crippen LogP contribution < -0.4 is 4.57 Å².